The monoisotopic (exact) mass is 570 g/mol. The van der Waals surface area contributed by atoms with Gasteiger partial charge >= 0.3 is 12.1 Å². The summed E-state index contributed by atoms with van der Waals surface area (Å²) in [6.07, 6.45) is 2.88. The van der Waals surface area contributed by atoms with Crippen molar-refractivity contribution in [2.24, 2.45) is 0 Å². The molecule has 1 atom stereocenters. The molecule has 2 aromatic heterocycles. The predicted octanol–water partition coefficient (Wildman–Crippen LogP) is 3.91. The Kier molecular flexibility index (Phi) is 10.1. The van der Waals surface area contributed by atoms with Crippen molar-refractivity contribution >= 4 is 46.2 Å². The van der Waals surface area contributed by atoms with Crippen LogP contribution in [-0.2, 0) is 38.6 Å². The number of nitrogens with one attached hydrogen (secondary N) is 1. The number of aromatic nitrogens is 4. The highest BCUT2D eigenvalue weighted by Crippen LogP contribution is 2.24. The van der Waals surface area contributed by atoms with E-state index in [4.69, 9.17) is 9.47 Å². The SMILES string of the molecule is C=CCn1c(Cc2csc(NC(=O)C3CCCN3C(=O)OCc3ccccc3)n2)nnc1SCC(=O)OCC. The maximum Gasteiger partial charge on any atom is 0.410 e. The van der Waals surface area contributed by atoms with E-state index in [0.29, 0.717) is 54.3 Å². The average molecular weight is 571 g/mol. The first-order chi connectivity index (χ1) is 19.0. The average Bonchev–Trinajstić information content (AvgIpc) is 3.68. The molecule has 2 amide bonds. The Hall–Kier alpha value is -3.71. The Morgan fingerprint density at radius 2 is 2.05 bits per heavy atom. The topological polar surface area (TPSA) is 129 Å². The number of benzene rings is 1. The highest BCUT2D eigenvalue weighted by molar-refractivity contribution is 7.99. The summed E-state index contributed by atoms with van der Waals surface area (Å²) in [6.45, 7) is 6.96. The van der Waals surface area contributed by atoms with Gasteiger partial charge in [-0.3, -0.25) is 14.5 Å². The Balaban J connectivity index is 1.34. The van der Waals surface area contributed by atoms with E-state index in [-0.39, 0.29) is 24.2 Å². The Morgan fingerprint density at radius 1 is 1.23 bits per heavy atom. The number of thioether (sulfide) groups is 1. The molecule has 39 heavy (non-hydrogen) atoms. The molecule has 1 fully saturated rings. The number of nitrogens with zero attached hydrogens (tertiary/aromatic N) is 5. The van der Waals surface area contributed by atoms with Crippen molar-refractivity contribution in [3.63, 3.8) is 0 Å². The number of likely N-dealkylation sites (tertiary alicyclic amines) is 1. The second-order valence-electron chi connectivity index (χ2n) is 8.59. The Labute approximate surface area is 234 Å². The van der Waals surface area contributed by atoms with Crippen LogP contribution in [-0.4, -0.2) is 67.6 Å². The quantitative estimate of drug-likeness (QED) is 0.196. The molecule has 4 rings (SSSR count). The van der Waals surface area contributed by atoms with Gasteiger partial charge < -0.3 is 19.4 Å². The van der Waals surface area contributed by atoms with Crippen molar-refractivity contribution in [3.8, 4) is 0 Å². The van der Waals surface area contributed by atoms with Crippen LogP contribution in [0.1, 0.15) is 36.8 Å². The fourth-order valence-electron chi connectivity index (χ4n) is 4.05. The molecule has 3 aromatic rings. The van der Waals surface area contributed by atoms with Crippen LogP contribution in [0.25, 0.3) is 0 Å². The molecule has 3 heterocycles. The predicted molar refractivity (Wildman–Crippen MR) is 147 cm³/mol. The van der Waals surface area contributed by atoms with Crippen molar-refractivity contribution in [1.82, 2.24) is 24.6 Å². The summed E-state index contributed by atoms with van der Waals surface area (Å²) < 4.78 is 12.3. The lowest BCUT2D eigenvalue weighted by Crippen LogP contribution is -2.43. The van der Waals surface area contributed by atoms with Crippen LogP contribution < -0.4 is 5.32 Å². The summed E-state index contributed by atoms with van der Waals surface area (Å²) in [6, 6.07) is 8.80. The number of esters is 1. The van der Waals surface area contributed by atoms with Gasteiger partial charge in [-0.25, -0.2) is 9.78 Å². The smallest absolute Gasteiger partial charge is 0.410 e. The fraction of sp³-hybridized carbons (Fsp3) is 0.385. The van der Waals surface area contributed by atoms with Gasteiger partial charge in [-0.1, -0.05) is 48.2 Å². The second-order valence-corrected chi connectivity index (χ2v) is 10.4. The zero-order valence-corrected chi connectivity index (χ0v) is 23.2. The van der Waals surface area contributed by atoms with Gasteiger partial charge in [0.25, 0.3) is 0 Å². The molecule has 11 nitrogen and oxygen atoms in total. The number of thiazole rings is 1. The number of allylic oxidation sites excluding steroid dienone is 1. The summed E-state index contributed by atoms with van der Waals surface area (Å²) in [5.41, 5.74) is 1.59. The van der Waals surface area contributed by atoms with Gasteiger partial charge in [-0.05, 0) is 25.3 Å². The van der Waals surface area contributed by atoms with E-state index >= 15 is 0 Å². The van der Waals surface area contributed by atoms with Gasteiger partial charge in [0.2, 0.25) is 5.91 Å². The molecule has 0 bridgehead atoms. The third-order valence-electron chi connectivity index (χ3n) is 5.85. The largest absolute Gasteiger partial charge is 0.465 e. The summed E-state index contributed by atoms with van der Waals surface area (Å²) >= 11 is 2.55. The number of hydrogen-bond acceptors (Lipinski definition) is 10. The minimum atomic E-state index is -0.615. The fourth-order valence-corrected chi connectivity index (χ4v) is 5.53. The van der Waals surface area contributed by atoms with E-state index in [1.165, 1.54) is 28.0 Å². The zero-order chi connectivity index (χ0) is 27.6. The molecule has 1 aromatic carbocycles. The first-order valence-electron chi connectivity index (χ1n) is 12.5. The van der Waals surface area contributed by atoms with Crippen LogP contribution in [0.2, 0.25) is 0 Å². The summed E-state index contributed by atoms with van der Waals surface area (Å²) in [5, 5.41) is 14.2. The zero-order valence-electron chi connectivity index (χ0n) is 21.6. The van der Waals surface area contributed by atoms with E-state index in [0.717, 1.165) is 12.0 Å². The van der Waals surface area contributed by atoms with Crippen molar-refractivity contribution in [2.75, 3.05) is 24.2 Å². The molecule has 206 valence electrons. The van der Waals surface area contributed by atoms with E-state index in [2.05, 4.69) is 27.1 Å². The van der Waals surface area contributed by atoms with Crippen molar-refractivity contribution in [3.05, 3.63) is 65.4 Å². The first-order valence-corrected chi connectivity index (χ1v) is 14.4. The number of rotatable bonds is 12. The molecule has 1 saturated heterocycles. The maximum atomic E-state index is 13.0. The van der Waals surface area contributed by atoms with Crippen LogP contribution in [0, 0.1) is 0 Å². The highest BCUT2D eigenvalue weighted by Gasteiger charge is 2.35. The second kappa shape index (κ2) is 13.9. The number of anilines is 1. The third-order valence-corrected chi connectivity index (χ3v) is 7.59. The lowest BCUT2D eigenvalue weighted by molar-refractivity contribution is -0.139. The molecule has 1 unspecified atom stereocenters. The maximum absolute atomic E-state index is 13.0. The van der Waals surface area contributed by atoms with Crippen LogP contribution >= 0.6 is 23.1 Å². The summed E-state index contributed by atoms with van der Waals surface area (Å²) in [4.78, 5) is 43.4. The normalized spacial score (nSPS) is 14.7. The van der Waals surface area contributed by atoms with Gasteiger partial charge in [0, 0.05) is 18.5 Å². The summed E-state index contributed by atoms with van der Waals surface area (Å²) in [5.74, 6) is 0.182. The van der Waals surface area contributed by atoms with Gasteiger partial charge in [0.05, 0.1) is 24.5 Å². The van der Waals surface area contributed by atoms with Gasteiger partial charge in [-0.15, -0.1) is 28.1 Å². The molecule has 1 N–H and O–H groups in total. The van der Waals surface area contributed by atoms with Crippen molar-refractivity contribution < 1.29 is 23.9 Å². The minimum absolute atomic E-state index is 0.133. The standard InChI is InChI=1S/C26H30N6O5S2/c1-3-12-32-21(29-30-25(32)39-17-22(33)36-4-2)14-19-16-38-24(27-19)28-23(34)20-11-8-13-31(20)26(35)37-15-18-9-6-5-7-10-18/h3,5-7,9-10,16,20H,1,4,8,11-15,17H2,2H3,(H,27,28,34). The summed E-state index contributed by atoms with van der Waals surface area (Å²) in [7, 11) is 0. The van der Waals surface area contributed by atoms with Crippen LogP contribution in [0.15, 0.2) is 53.5 Å². The molecular formula is C26H30N6O5S2. The molecule has 0 spiro atoms. The van der Waals surface area contributed by atoms with Crippen LogP contribution in [0.4, 0.5) is 9.93 Å². The first kappa shape index (κ1) is 28.3. The number of amides is 2. The van der Waals surface area contributed by atoms with Crippen LogP contribution in [0.5, 0.6) is 0 Å². The van der Waals surface area contributed by atoms with Gasteiger partial charge in [0.15, 0.2) is 10.3 Å². The molecule has 0 saturated carbocycles. The van der Waals surface area contributed by atoms with Gasteiger partial charge in [0.1, 0.15) is 18.5 Å². The number of carbonyl (C=O) groups is 3. The Bertz CT molecular complexity index is 1300. The highest BCUT2D eigenvalue weighted by atomic mass is 32.2. The molecular weight excluding hydrogens is 540 g/mol. The lowest BCUT2D eigenvalue weighted by atomic mass is 10.2. The lowest BCUT2D eigenvalue weighted by Gasteiger charge is -2.22. The van der Waals surface area contributed by atoms with Gasteiger partial charge in [-0.2, -0.15) is 0 Å². The minimum Gasteiger partial charge on any atom is -0.465 e. The van der Waals surface area contributed by atoms with Crippen molar-refractivity contribution in [1.29, 1.82) is 0 Å². The molecule has 1 aliphatic heterocycles. The number of hydrogen-bond donors (Lipinski definition) is 1. The van der Waals surface area contributed by atoms with E-state index < -0.39 is 12.1 Å². The molecule has 0 radical (unpaired) electrons. The van der Waals surface area contributed by atoms with E-state index in [9.17, 15) is 14.4 Å². The van der Waals surface area contributed by atoms with Crippen molar-refractivity contribution in [2.45, 2.75) is 50.5 Å². The molecule has 0 aliphatic carbocycles. The van der Waals surface area contributed by atoms with Crippen LogP contribution in [0.3, 0.4) is 0 Å². The number of carbonyl (C=O) groups excluding carboxylic acids is 3. The van der Waals surface area contributed by atoms with E-state index in [1.54, 1.807) is 13.0 Å². The number of ether oxygens (including phenoxy) is 2. The Morgan fingerprint density at radius 3 is 2.82 bits per heavy atom. The molecule has 1 aliphatic rings. The third kappa shape index (κ3) is 7.67. The molecule has 13 heteroatoms. The van der Waals surface area contributed by atoms with E-state index in [1.807, 2.05) is 40.3 Å².